The summed E-state index contributed by atoms with van der Waals surface area (Å²) < 4.78 is 10.3. The van der Waals surface area contributed by atoms with Crippen molar-refractivity contribution in [2.45, 2.75) is 102 Å². The number of hydrogen-bond donors (Lipinski definition) is 3. The van der Waals surface area contributed by atoms with E-state index in [-0.39, 0.29) is 13.2 Å². The predicted octanol–water partition coefficient (Wildman–Crippen LogP) is 2.32. The van der Waals surface area contributed by atoms with Gasteiger partial charge in [0.15, 0.2) is 6.10 Å². The molecule has 148 valence electrons. The summed E-state index contributed by atoms with van der Waals surface area (Å²) in [4.78, 5) is 11.9. The van der Waals surface area contributed by atoms with E-state index in [1.54, 1.807) is 0 Å². The van der Waals surface area contributed by atoms with Crippen LogP contribution in [0.3, 0.4) is 0 Å². The first-order valence-electron chi connectivity index (χ1n) is 9.87. The molecule has 0 aliphatic carbocycles. The highest BCUT2D eigenvalue weighted by Crippen LogP contribution is 2.16. The number of hydrogen-bond acceptors (Lipinski definition) is 6. The van der Waals surface area contributed by atoms with Crippen LogP contribution in [0.15, 0.2) is 0 Å². The normalized spacial score (nSPS) is 27.0. The van der Waals surface area contributed by atoms with Crippen LogP contribution in [0.5, 0.6) is 0 Å². The van der Waals surface area contributed by atoms with Crippen molar-refractivity contribution in [3.8, 4) is 0 Å². The molecule has 3 N–H and O–H groups in total. The fraction of sp³-hybridized carbons (Fsp3) is 0.947. The van der Waals surface area contributed by atoms with Gasteiger partial charge in [-0.05, 0) is 6.42 Å². The molecule has 1 heterocycles. The Balaban J connectivity index is 2.05. The van der Waals surface area contributed by atoms with E-state index in [1.807, 2.05) is 0 Å². The van der Waals surface area contributed by atoms with Crippen molar-refractivity contribution >= 4 is 5.97 Å². The number of ether oxygens (including phenoxy) is 2. The average Bonchev–Trinajstić information content (AvgIpc) is 2.71. The molecule has 6 nitrogen and oxygen atoms in total. The van der Waals surface area contributed by atoms with Crippen LogP contribution in [-0.4, -0.2) is 58.9 Å². The van der Waals surface area contributed by atoms with E-state index in [0.29, 0.717) is 6.42 Å². The molecular weight excluding hydrogens is 324 g/mol. The summed E-state index contributed by atoms with van der Waals surface area (Å²) in [6.07, 6.45) is 7.46. The Morgan fingerprint density at radius 3 is 2.04 bits per heavy atom. The van der Waals surface area contributed by atoms with Gasteiger partial charge < -0.3 is 24.8 Å². The van der Waals surface area contributed by atoms with Crippen LogP contribution in [-0.2, 0) is 14.3 Å². The van der Waals surface area contributed by atoms with Crippen molar-refractivity contribution < 1.29 is 29.6 Å². The molecule has 6 heteroatoms. The van der Waals surface area contributed by atoms with Crippen LogP contribution >= 0.6 is 0 Å². The van der Waals surface area contributed by atoms with E-state index in [4.69, 9.17) is 9.47 Å². The van der Waals surface area contributed by atoms with Gasteiger partial charge >= 0.3 is 5.97 Å². The summed E-state index contributed by atoms with van der Waals surface area (Å²) in [7, 11) is 0. The molecule has 0 aromatic rings. The second kappa shape index (κ2) is 13.5. The zero-order valence-corrected chi connectivity index (χ0v) is 15.6. The van der Waals surface area contributed by atoms with Gasteiger partial charge in [-0.1, -0.05) is 64.7 Å². The zero-order valence-electron chi connectivity index (χ0n) is 15.6. The molecular formula is C19H36O6. The SMILES string of the molecule is CCCCCCCCCCCCC(=O)O[C@@H]1COC[C@@H](O)[C@@H](O)[C@@H]1O. The number of aliphatic hydroxyl groups excluding tert-OH is 3. The smallest absolute Gasteiger partial charge is 0.306 e. The lowest BCUT2D eigenvalue weighted by Crippen LogP contribution is -2.45. The number of esters is 1. The number of carbonyl (C=O) groups excluding carboxylic acids is 1. The minimum atomic E-state index is -1.36. The van der Waals surface area contributed by atoms with Crippen molar-refractivity contribution in [2.75, 3.05) is 13.2 Å². The third-order valence-electron chi connectivity index (χ3n) is 4.71. The Hall–Kier alpha value is -0.690. The van der Waals surface area contributed by atoms with Crippen molar-refractivity contribution in [2.24, 2.45) is 0 Å². The van der Waals surface area contributed by atoms with Crippen LogP contribution in [0, 0.1) is 0 Å². The van der Waals surface area contributed by atoms with E-state index in [9.17, 15) is 20.1 Å². The molecule has 25 heavy (non-hydrogen) atoms. The van der Waals surface area contributed by atoms with E-state index < -0.39 is 30.4 Å². The molecule has 0 aromatic carbocycles. The van der Waals surface area contributed by atoms with Crippen LogP contribution in [0.4, 0.5) is 0 Å². The fourth-order valence-electron chi connectivity index (χ4n) is 3.04. The summed E-state index contributed by atoms with van der Waals surface area (Å²) >= 11 is 0. The van der Waals surface area contributed by atoms with Crippen molar-refractivity contribution in [3.05, 3.63) is 0 Å². The molecule has 1 aliphatic heterocycles. The van der Waals surface area contributed by atoms with Crippen LogP contribution in [0.25, 0.3) is 0 Å². The number of rotatable bonds is 12. The first-order chi connectivity index (χ1) is 12.1. The molecule has 1 fully saturated rings. The standard InChI is InChI=1S/C19H36O6/c1-2-3-4-5-6-7-8-9-10-11-12-17(21)25-16-14-24-13-15(20)18(22)19(16)23/h15-16,18-20,22-23H,2-14H2,1H3/t15-,16-,18-,19-/m1/s1. The Morgan fingerprint density at radius 1 is 0.880 bits per heavy atom. The minimum absolute atomic E-state index is 0.0148. The number of unbranched alkanes of at least 4 members (excludes halogenated alkanes) is 9. The van der Waals surface area contributed by atoms with Gasteiger partial charge in [-0.25, -0.2) is 0 Å². The topological polar surface area (TPSA) is 96.2 Å². The van der Waals surface area contributed by atoms with Gasteiger partial charge in [0.05, 0.1) is 13.2 Å². The van der Waals surface area contributed by atoms with E-state index in [2.05, 4.69) is 6.92 Å². The molecule has 4 atom stereocenters. The van der Waals surface area contributed by atoms with Crippen LogP contribution in [0.2, 0.25) is 0 Å². The lowest BCUT2D eigenvalue weighted by Gasteiger charge is -2.24. The molecule has 0 bridgehead atoms. The minimum Gasteiger partial charge on any atom is -0.457 e. The van der Waals surface area contributed by atoms with Crippen LogP contribution < -0.4 is 0 Å². The van der Waals surface area contributed by atoms with Crippen molar-refractivity contribution in [1.82, 2.24) is 0 Å². The second-order valence-corrected chi connectivity index (χ2v) is 7.05. The van der Waals surface area contributed by atoms with Crippen molar-refractivity contribution in [1.29, 1.82) is 0 Å². The highest BCUT2D eigenvalue weighted by molar-refractivity contribution is 5.69. The van der Waals surface area contributed by atoms with Gasteiger partial charge in [-0.2, -0.15) is 0 Å². The Labute approximate surface area is 151 Å². The Bertz CT molecular complexity index is 349. The largest absolute Gasteiger partial charge is 0.457 e. The molecule has 1 saturated heterocycles. The third kappa shape index (κ3) is 9.54. The number of aliphatic hydroxyl groups is 3. The molecule has 0 amide bonds. The highest BCUT2D eigenvalue weighted by atomic mass is 16.6. The molecule has 0 saturated carbocycles. The quantitative estimate of drug-likeness (QED) is 0.365. The van der Waals surface area contributed by atoms with Gasteiger partial charge in [0.1, 0.15) is 18.3 Å². The van der Waals surface area contributed by atoms with E-state index >= 15 is 0 Å². The summed E-state index contributed by atoms with van der Waals surface area (Å²) in [6.45, 7) is 2.13. The van der Waals surface area contributed by atoms with Crippen LogP contribution in [0.1, 0.15) is 77.6 Å². The van der Waals surface area contributed by atoms with Gasteiger partial charge in [-0.3, -0.25) is 4.79 Å². The molecule has 1 rings (SSSR count). The summed E-state index contributed by atoms with van der Waals surface area (Å²) in [5, 5.41) is 29.1. The maximum atomic E-state index is 11.9. The van der Waals surface area contributed by atoms with Gasteiger partial charge in [0.2, 0.25) is 0 Å². The van der Waals surface area contributed by atoms with Gasteiger partial charge in [-0.15, -0.1) is 0 Å². The summed E-state index contributed by atoms with van der Waals surface area (Å²) in [5.74, 6) is -0.393. The van der Waals surface area contributed by atoms with Gasteiger partial charge in [0.25, 0.3) is 0 Å². The first kappa shape index (κ1) is 22.4. The van der Waals surface area contributed by atoms with E-state index in [1.165, 1.54) is 44.9 Å². The lowest BCUT2D eigenvalue weighted by molar-refractivity contribution is -0.163. The Morgan fingerprint density at radius 2 is 1.44 bits per heavy atom. The van der Waals surface area contributed by atoms with Gasteiger partial charge in [0, 0.05) is 6.42 Å². The third-order valence-corrected chi connectivity index (χ3v) is 4.71. The van der Waals surface area contributed by atoms with E-state index in [0.717, 1.165) is 19.3 Å². The molecule has 0 unspecified atom stereocenters. The maximum absolute atomic E-state index is 11.9. The molecule has 0 spiro atoms. The fourth-order valence-corrected chi connectivity index (χ4v) is 3.04. The molecule has 0 aromatic heterocycles. The summed E-state index contributed by atoms with van der Waals surface area (Å²) in [6, 6.07) is 0. The number of carbonyl (C=O) groups is 1. The first-order valence-corrected chi connectivity index (χ1v) is 9.87. The lowest BCUT2D eigenvalue weighted by atomic mass is 10.0. The zero-order chi connectivity index (χ0) is 18.5. The molecule has 0 radical (unpaired) electrons. The maximum Gasteiger partial charge on any atom is 0.306 e. The highest BCUT2D eigenvalue weighted by Gasteiger charge is 2.36. The predicted molar refractivity (Wildman–Crippen MR) is 95.2 cm³/mol. The van der Waals surface area contributed by atoms with Crippen molar-refractivity contribution in [3.63, 3.8) is 0 Å². The molecule has 1 aliphatic rings. The monoisotopic (exact) mass is 360 g/mol. The second-order valence-electron chi connectivity index (χ2n) is 7.05. The Kier molecular flexibility index (Phi) is 12.1. The average molecular weight is 360 g/mol. The summed E-state index contributed by atoms with van der Waals surface area (Å²) in [5.41, 5.74) is 0.